The van der Waals surface area contributed by atoms with Gasteiger partial charge in [-0.2, -0.15) is 5.26 Å². The third kappa shape index (κ3) is 8.06. The number of methoxy groups -OCH3 is 1. The number of nitrogens with one attached hydrogen (secondary N) is 3. The summed E-state index contributed by atoms with van der Waals surface area (Å²) < 4.78 is 35.1. The average molecular weight is 653 g/mol. The number of rotatable bonds is 14. The highest BCUT2D eigenvalue weighted by Gasteiger charge is 2.21. The number of ether oxygens (including phenoxy) is 1. The van der Waals surface area contributed by atoms with Gasteiger partial charge in [0, 0.05) is 60.8 Å². The molecule has 4 rings (SSSR count). The van der Waals surface area contributed by atoms with Gasteiger partial charge in [0.05, 0.1) is 28.1 Å². The lowest BCUT2D eigenvalue weighted by Gasteiger charge is -2.11. The van der Waals surface area contributed by atoms with Gasteiger partial charge in [0.25, 0.3) is 5.91 Å². The highest BCUT2D eigenvalue weighted by atomic mass is 35.5. The minimum absolute atomic E-state index is 0.0141. The zero-order valence-electron chi connectivity index (χ0n) is 24.0. The summed E-state index contributed by atoms with van der Waals surface area (Å²) in [6, 6.07) is 15.5. The third-order valence-electron chi connectivity index (χ3n) is 6.58. The Kier molecular flexibility index (Phi) is 10.6. The largest absolute Gasteiger partial charge is 0.496 e. The van der Waals surface area contributed by atoms with Crippen LogP contribution in [0.1, 0.15) is 22.3 Å². The maximum absolute atomic E-state index is 13.3. The maximum atomic E-state index is 13.3. The molecule has 0 saturated heterocycles. The van der Waals surface area contributed by atoms with Gasteiger partial charge in [-0.25, -0.2) is 18.1 Å². The number of aromatic nitrogens is 2. The average Bonchev–Trinajstić information content (AvgIpc) is 3.45. The quantitative estimate of drug-likeness (QED) is 0.0880. The van der Waals surface area contributed by atoms with E-state index < -0.39 is 20.9 Å². The molecule has 0 aliphatic heterocycles. The number of pyridine rings is 1. The number of carbonyl (C=O) groups is 1. The van der Waals surface area contributed by atoms with Crippen LogP contribution in [0.25, 0.3) is 11.1 Å². The molecule has 14 nitrogen and oxygen atoms in total. The fourth-order valence-corrected chi connectivity index (χ4v) is 5.80. The van der Waals surface area contributed by atoms with Crippen molar-refractivity contribution in [3.63, 3.8) is 0 Å². The molecule has 16 heteroatoms. The lowest BCUT2D eigenvalue weighted by molar-refractivity contribution is -0.384. The van der Waals surface area contributed by atoms with E-state index in [9.17, 15) is 28.6 Å². The molecule has 1 amide bonds. The van der Waals surface area contributed by atoms with E-state index in [-0.39, 0.29) is 35.1 Å². The van der Waals surface area contributed by atoms with Crippen molar-refractivity contribution >= 4 is 44.9 Å². The molecule has 0 spiro atoms. The number of nitrogens with zero attached hydrogens (tertiary/aromatic N) is 4. The molecular formula is C29H29ClN8O6S. The van der Waals surface area contributed by atoms with Crippen molar-refractivity contribution in [1.29, 1.82) is 5.26 Å². The third-order valence-corrected chi connectivity index (χ3v) is 8.33. The molecule has 2 heterocycles. The second-order valence-corrected chi connectivity index (χ2v) is 11.7. The molecule has 0 bridgehead atoms. The topological polar surface area (TPSA) is 207 Å². The summed E-state index contributed by atoms with van der Waals surface area (Å²) in [5.41, 5.74) is 6.92. The summed E-state index contributed by atoms with van der Waals surface area (Å²) in [5.74, 6) is 0.221. The second-order valence-electron chi connectivity index (χ2n) is 9.57. The van der Waals surface area contributed by atoms with Gasteiger partial charge in [0.2, 0.25) is 15.8 Å². The molecule has 0 radical (unpaired) electrons. The van der Waals surface area contributed by atoms with Gasteiger partial charge in [0.15, 0.2) is 0 Å². The van der Waals surface area contributed by atoms with Crippen LogP contribution >= 0.6 is 11.6 Å². The summed E-state index contributed by atoms with van der Waals surface area (Å²) >= 11 is 6.15. The number of hydrogen-bond acceptors (Lipinski definition) is 10. The number of hydrogen-bond donors (Lipinski definition) is 4. The summed E-state index contributed by atoms with van der Waals surface area (Å²) in [7, 11) is -2.48. The SMILES string of the molecule is COc1cc(Cl)ccc1-c1cn(CCCNc2ccc([N+](=O)[O-])c(N)n2)cc1C(=O)NCCNS(=O)(=O)c1ccccc1C#N. The molecule has 0 saturated carbocycles. The predicted octanol–water partition coefficient (Wildman–Crippen LogP) is 3.78. The first-order valence-corrected chi connectivity index (χ1v) is 15.4. The number of carbonyl (C=O) groups excluding carboxylic acids is 1. The standard InChI is InChI=1S/C29H29ClN8O6S/c1-44-25-15-20(30)7-8-21(25)22-17-37(14-4-11-33-27-10-9-24(38(40)41)28(32)36-27)18-23(22)29(39)34-12-13-35-45(42,43)26-6-3-2-5-19(26)16-31/h2-3,5-10,15,17-18,35H,4,11-14H2,1H3,(H,34,39)(H3,32,33,36). The van der Waals surface area contributed by atoms with Crippen LogP contribution in [-0.2, 0) is 16.6 Å². The van der Waals surface area contributed by atoms with Crippen molar-refractivity contribution in [2.75, 3.05) is 37.8 Å². The minimum atomic E-state index is -3.97. The number of nitriles is 1. The van der Waals surface area contributed by atoms with Gasteiger partial charge in [-0.1, -0.05) is 23.7 Å². The van der Waals surface area contributed by atoms with E-state index in [0.717, 1.165) is 0 Å². The van der Waals surface area contributed by atoms with Gasteiger partial charge in [-0.15, -0.1) is 0 Å². The van der Waals surface area contributed by atoms with Crippen molar-refractivity contribution in [3.8, 4) is 22.9 Å². The normalized spacial score (nSPS) is 11.0. The number of nitrogens with two attached hydrogens (primary N) is 1. The zero-order valence-corrected chi connectivity index (χ0v) is 25.6. The Morgan fingerprint density at radius 2 is 1.91 bits per heavy atom. The fourth-order valence-electron chi connectivity index (χ4n) is 4.45. The van der Waals surface area contributed by atoms with E-state index >= 15 is 0 Å². The highest BCUT2D eigenvalue weighted by molar-refractivity contribution is 7.89. The number of nitro groups is 1. The van der Waals surface area contributed by atoms with E-state index in [2.05, 4.69) is 20.3 Å². The van der Waals surface area contributed by atoms with Crippen molar-refractivity contribution in [3.05, 3.63) is 93.3 Å². The Morgan fingerprint density at radius 3 is 2.62 bits per heavy atom. The first-order valence-electron chi connectivity index (χ1n) is 13.5. The van der Waals surface area contributed by atoms with E-state index in [0.29, 0.717) is 52.8 Å². The van der Waals surface area contributed by atoms with E-state index in [1.165, 1.54) is 37.4 Å². The minimum Gasteiger partial charge on any atom is -0.496 e. The highest BCUT2D eigenvalue weighted by Crippen LogP contribution is 2.35. The first kappa shape index (κ1) is 32.7. The monoisotopic (exact) mass is 652 g/mol. The van der Waals surface area contributed by atoms with Crippen LogP contribution in [0.5, 0.6) is 5.75 Å². The van der Waals surface area contributed by atoms with Crippen LogP contribution in [0.4, 0.5) is 17.3 Å². The maximum Gasteiger partial charge on any atom is 0.311 e. The summed E-state index contributed by atoms with van der Waals surface area (Å²) in [6.07, 6.45) is 4.07. The summed E-state index contributed by atoms with van der Waals surface area (Å²) in [4.78, 5) is 27.6. The molecule has 0 aliphatic carbocycles. The van der Waals surface area contributed by atoms with Crippen molar-refractivity contribution in [2.45, 2.75) is 17.9 Å². The Labute approximate surface area is 264 Å². The second kappa shape index (κ2) is 14.5. The van der Waals surface area contributed by atoms with Crippen molar-refractivity contribution < 1.29 is 22.9 Å². The first-order chi connectivity index (χ1) is 21.5. The van der Waals surface area contributed by atoms with E-state index in [4.69, 9.17) is 22.1 Å². The smallest absolute Gasteiger partial charge is 0.311 e. The molecule has 4 aromatic rings. The van der Waals surface area contributed by atoms with Gasteiger partial charge in [-0.05, 0) is 42.8 Å². The van der Waals surface area contributed by atoms with E-state index in [1.54, 1.807) is 36.7 Å². The molecule has 5 N–H and O–H groups in total. The van der Waals surface area contributed by atoms with Gasteiger partial charge < -0.3 is 25.7 Å². The zero-order chi connectivity index (χ0) is 32.6. The molecular weight excluding hydrogens is 624 g/mol. The number of anilines is 2. The van der Waals surface area contributed by atoms with Crippen LogP contribution in [0.15, 0.2) is 71.9 Å². The molecule has 0 atom stereocenters. The lowest BCUT2D eigenvalue weighted by atomic mass is 10.0. The van der Waals surface area contributed by atoms with Crippen LogP contribution in [0.2, 0.25) is 5.02 Å². The summed E-state index contributed by atoms with van der Waals surface area (Å²) in [6.45, 7) is 0.813. The Morgan fingerprint density at radius 1 is 1.13 bits per heavy atom. The number of nitrogen functional groups attached to an aromatic ring is 1. The number of benzene rings is 2. The van der Waals surface area contributed by atoms with Gasteiger partial charge in [-0.3, -0.25) is 14.9 Å². The van der Waals surface area contributed by atoms with Gasteiger partial charge >= 0.3 is 5.69 Å². The molecule has 0 unspecified atom stereocenters. The molecule has 2 aromatic heterocycles. The van der Waals surface area contributed by atoms with Crippen LogP contribution in [-0.4, -0.2) is 55.5 Å². The van der Waals surface area contributed by atoms with Crippen molar-refractivity contribution in [1.82, 2.24) is 19.6 Å². The fraction of sp³-hybridized carbons (Fsp3) is 0.207. The van der Waals surface area contributed by atoms with Crippen LogP contribution in [0.3, 0.4) is 0 Å². The predicted molar refractivity (Wildman–Crippen MR) is 169 cm³/mol. The Balaban J connectivity index is 1.45. The number of aryl methyl sites for hydroxylation is 1. The Bertz CT molecular complexity index is 1870. The number of amides is 1. The molecule has 0 fully saturated rings. The molecule has 45 heavy (non-hydrogen) atoms. The lowest BCUT2D eigenvalue weighted by Crippen LogP contribution is -2.35. The molecule has 0 aliphatic rings. The van der Waals surface area contributed by atoms with Crippen molar-refractivity contribution in [2.24, 2.45) is 0 Å². The van der Waals surface area contributed by atoms with Crippen LogP contribution in [0, 0.1) is 21.4 Å². The molecule has 234 valence electrons. The number of sulfonamides is 1. The number of halogens is 1. The summed E-state index contributed by atoms with van der Waals surface area (Å²) in [5, 5.41) is 26.5. The van der Waals surface area contributed by atoms with Crippen LogP contribution < -0.4 is 25.8 Å². The van der Waals surface area contributed by atoms with Gasteiger partial charge in [0.1, 0.15) is 17.6 Å². The van der Waals surface area contributed by atoms with E-state index in [1.807, 2.05) is 10.6 Å². The molecule has 2 aromatic carbocycles. The Hall–Kier alpha value is -5.17.